The van der Waals surface area contributed by atoms with E-state index in [2.05, 4.69) is 15.3 Å². The summed E-state index contributed by atoms with van der Waals surface area (Å²) in [6.45, 7) is 4.68. The van der Waals surface area contributed by atoms with Gasteiger partial charge >= 0.3 is 0 Å². The fourth-order valence-electron chi connectivity index (χ4n) is 1.48. The molecule has 5 heteroatoms. The summed E-state index contributed by atoms with van der Waals surface area (Å²) in [6, 6.07) is 8.36. The Hall–Kier alpha value is -1.62. The maximum Gasteiger partial charge on any atom is 0.223 e. The number of aryl methyl sites for hydroxylation is 1. The highest BCUT2D eigenvalue weighted by atomic mass is 32.2. The fourth-order valence-corrected chi connectivity index (χ4v) is 2.40. The van der Waals surface area contributed by atoms with Crippen molar-refractivity contribution in [2.45, 2.75) is 23.8 Å². The molecular formula is C13H14FN3S. The van der Waals surface area contributed by atoms with Crippen molar-refractivity contribution < 1.29 is 4.39 Å². The summed E-state index contributed by atoms with van der Waals surface area (Å²) < 4.78 is 13.1. The number of benzene rings is 1. The number of aromatic nitrogens is 2. The van der Waals surface area contributed by atoms with Gasteiger partial charge in [-0.1, -0.05) is 17.8 Å². The van der Waals surface area contributed by atoms with Gasteiger partial charge in [0.2, 0.25) is 5.95 Å². The van der Waals surface area contributed by atoms with Gasteiger partial charge in [0.1, 0.15) is 10.8 Å². The lowest BCUT2D eigenvalue weighted by Gasteiger charge is -2.06. The van der Waals surface area contributed by atoms with Crippen LogP contribution in [0.2, 0.25) is 0 Å². The van der Waals surface area contributed by atoms with Crippen LogP contribution in [0, 0.1) is 12.7 Å². The second-order valence-corrected chi connectivity index (χ2v) is 4.85. The Morgan fingerprint density at radius 1 is 1.28 bits per heavy atom. The standard InChI is InChI=1S/C13H14FN3S/c1-3-15-13-16-9(2)7-12(17-13)18-11-6-4-5-10(14)8-11/h4-8H,3H2,1-2H3,(H,15,16,17). The fraction of sp³-hybridized carbons (Fsp3) is 0.231. The summed E-state index contributed by atoms with van der Waals surface area (Å²) in [5.41, 5.74) is 0.889. The first-order chi connectivity index (χ1) is 8.67. The van der Waals surface area contributed by atoms with E-state index in [9.17, 15) is 4.39 Å². The lowest BCUT2D eigenvalue weighted by atomic mass is 10.4. The predicted octanol–water partition coefficient (Wildman–Crippen LogP) is 3.51. The zero-order chi connectivity index (χ0) is 13.0. The minimum absolute atomic E-state index is 0.238. The molecule has 0 aliphatic carbocycles. The Bertz CT molecular complexity index is 546. The molecule has 0 atom stereocenters. The molecule has 2 aromatic rings. The molecule has 1 N–H and O–H groups in total. The SMILES string of the molecule is CCNc1nc(C)cc(Sc2cccc(F)c2)n1. The van der Waals surface area contributed by atoms with Crippen LogP contribution in [0.15, 0.2) is 40.3 Å². The van der Waals surface area contributed by atoms with Crippen LogP contribution in [0.5, 0.6) is 0 Å². The average Bonchev–Trinajstić information content (AvgIpc) is 2.28. The van der Waals surface area contributed by atoms with Gasteiger partial charge in [0.25, 0.3) is 0 Å². The first kappa shape index (κ1) is 12.8. The largest absolute Gasteiger partial charge is 0.354 e. The second kappa shape index (κ2) is 5.82. The van der Waals surface area contributed by atoms with Crippen LogP contribution in [0.25, 0.3) is 0 Å². The van der Waals surface area contributed by atoms with Crippen molar-refractivity contribution in [2.24, 2.45) is 0 Å². The summed E-state index contributed by atoms with van der Waals surface area (Å²) in [6.07, 6.45) is 0. The van der Waals surface area contributed by atoms with Crippen molar-refractivity contribution in [1.29, 1.82) is 0 Å². The third-order valence-corrected chi connectivity index (χ3v) is 3.09. The molecule has 1 aromatic carbocycles. The van der Waals surface area contributed by atoms with E-state index in [4.69, 9.17) is 0 Å². The van der Waals surface area contributed by atoms with Crippen LogP contribution < -0.4 is 5.32 Å². The average molecular weight is 263 g/mol. The minimum Gasteiger partial charge on any atom is -0.354 e. The monoisotopic (exact) mass is 263 g/mol. The zero-order valence-electron chi connectivity index (χ0n) is 10.3. The minimum atomic E-state index is -0.238. The molecular weight excluding hydrogens is 249 g/mol. The molecule has 0 saturated heterocycles. The van der Waals surface area contributed by atoms with Gasteiger partial charge in [-0.25, -0.2) is 14.4 Å². The number of nitrogens with one attached hydrogen (secondary N) is 1. The Morgan fingerprint density at radius 3 is 2.83 bits per heavy atom. The quantitative estimate of drug-likeness (QED) is 0.857. The van der Waals surface area contributed by atoms with E-state index in [0.717, 1.165) is 22.2 Å². The first-order valence-corrected chi connectivity index (χ1v) is 6.52. The topological polar surface area (TPSA) is 37.8 Å². The smallest absolute Gasteiger partial charge is 0.223 e. The third-order valence-electron chi connectivity index (χ3n) is 2.18. The van der Waals surface area contributed by atoms with E-state index in [-0.39, 0.29) is 5.82 Å². The molecule has 0 aliphatic rings. The van der Waals surface area contributed by atoms with Gasteiger partial charge in [-0.05, 0) is 38.1 Å². The van der Waals surface area contributed by atoms with Gasteiger partial charge in [0.15, 0.2) is 0 Å². The van der Waals surface area contributed by atoms with Crippen molar-refractivity contribution >= 4 is 17.7 Å². The molecule has 18 heavy (non-hydrogen) atoms. The van der Waals surface area contributed by atoms with E-state index in [1.807, 2.05) is 26.0 Å². The van der Waals surface area contributed by atoms with Crippen LogP contribution in [0.4, 0.5) is 10.3 Å². The van der Waals surface area contributed by atoms with Gasteiger partial charge in [0.05, 0.1) is 0 Å². The maximum absolute atomic E-state index is 13.1. The molecule has 2 rings (SSSR count). The van der Waals surface area contributed by atoms with Gasteiger partial charge in [0, 0.05) is 17.1 Å². The Balaban J connectivity index is 2.23. The van der Waals surface area contributed by atoms with E-state index >= 15 is 0 Å². The molecule has 94 valence electrons. The highest BCUT2D eigenvalue weighted by Crippen LogP contribution is 2.27. The molecule has 3 nitrogen and oxygen atoms in total. The number of halogens is 1. The Kier molecular flexibility index (Phi) is 4.15. The zero-order valence-corrected chi connectivity index (χ0v) is 11.1. The Morgan fingerprint density at radius 2 is 2.11 bits per heavy atom. The number of nitrogens with zero attached hydrogens (tertiary/aromatic N) is 2. The molecule has 0 bridgehead atoms. The predicted molar refractivity (Wildman–Crippen MR) is 71.5 cm³/mol. The highest BCUT2D eigenvalue weighted by molar-refractivity contribution is 7.99. The summed E-state index contributed by atoms with van der Waals surface area (Å²) in [5, 5.41) is 3.89. The van der Waals surface area contributed by atoms with Crippen LogP contribution in [0.1, 0.15) is 12.6 Å². The van der Waals surface area contributed by atoms with Crippen molar-refractivity contribution in [3.8, 4) is 0 Å². The van der Waals surface area contributed by atoms with E-state index < -0.39 is 0 Å². The molecule has 0 amide bonds. The molecule has 0 unspecified atom stereocenters. The van der Waals surface area contributed by atoms with Gasteiger partial charge in [-0.15, -0.1) is 0 Å². The molecule has 0 spiro atoms. The normalized spacial score (nSPS) is 10.4. The van der Waals surface area contributed by atoms with Crippen molar-refractivity contribution in [2.75, 3.05) is 11.9 Å². The molecule has 0 saturated carbocycles. The van der Waals surface area contributed by atoms with Crippen molar-refractivity contribution in [3.05, 3.63) is 41.8 Å². The van der Waals surface area contributed by atoms with Crippen LogP contribution >= 0.6 is 11.8 Å². The van der Waals surface area contributed by atoms with Crippen LogP contribution in [-0.2, 0) is 0 Å². The summed E-state index contributed by atoms with van der Waals surface area (Å²) in [5.74, 6) is 0.370. The maximum atomic E-state index is 13.1. The second-order valence-electron chi connectivity index (χ2n) is 3.76. The molecule has 0 fully saturated rings. The van der Waals surface area contributed by atoms with Crippen molar-refractivity contribution in [1.82, 2.24) is 9.97 Å². The van der Waals surface area contributed by atoms with Crippen molar-refractivity contribution in [3.63, 3.8) is 0 Å². The summed E-state index contributed by atoms with van der Waals surface area (Å²) in [7, 11) is 0. The van der Waals surface area contributed by atoms with E-state index in [0.29, 0.717) is 5.95 Å². The summed E-state index contributed by atoms with van der Waals surface area (Å²) in [4.78, 5) is 9.47. The summed E-state index contributed by atoms with van der Waals surface area (Å²) >= 11 is 1.42. The third kappa shape index (κ3) is 3.43. The van der Waals surface area contributed by atoms with Gasteiger partial charge in [-0.2, -0.15) is 0 Å². The Labute approximate surface area is 110 Å². The van der Waals surface area contributed by atoms with Crippen LogP contribution in [0.3, 0.4) is 0 Å². The van der Waals surface area contributed by atoms with Gasteiger partial charge in [-0.3, -0.25) is 0 Å². The molecule has 0 aliphatic heterocycles. The molecule has 1 aromatic heterocycles. The number of anilines is 1. The lowest BCUT2D eigenvalue weighted by molar-refractivity contribution is 0.624. The van der Waals surface area contributed by atoms with Gasteiger partial charge < -0.3 is 5.32 Å². The number of hydrogen-bond acceptors (Lipinski definition) is 4. The highest BCUT2D eigenvalue weighted by Gasteiger charge is 2.04. The molecule has 0 radical (unpaired) electrons. The first-order valence-electron chi connectivity index (χ1n) is 5.70. The molecule has 1 heterocycles. The lowest BCUT2D eigenvalue weighted by Crippen LogP contribution is -2.03. The number of hydrogen-bond donors (Lipinski definition) is 1. The van der Waals surface area contributed by atoms with E-state index in [1.54, 1.807) is 6.07 Å². The number of rotatable bonds is 4. The van der Waals surface area contributed by atoms with E-state index in [1.165, 1.54) is 23.9 Å². The van der Waals surface area contributed by atoms with Crippen LogP contribution in [-0.4, -0.2) is 16.5 Å².